The Bertz CT molecular complexity index is 434. The van der Waals surface area contributed by atoms with E-state index >= 15 is 0 Å². The van der Waals surface area contributed by atoms with Crippen LogP contribution in [-0.4, -0.2) is 31.7 Å². The van der Waals surface area contributed by atoms with Crippen LogP contribution in [-0.2, 0) is 16.0 Å². The predicted octanol–water partition coefficient (Wildman–Crippen LogP) is 1.41. The number of hydrogen-bond acceptors (Lipinski definition) is 3. The third-order valence-corrected chi connectivity index (χ3v) is 3.33. The van der Waals surface area contributed by atoms with Crippen LogP contribution in [0.25, 0.3) is 0 Å². The molecule has 2 unspecified atom stereocenters. The highest BCUT2D eigenvalue weighted by Crippen LogP contribution is 2.22. The molecule has 104 valence electrons. The fourth-order valence-corrected chi connectivity index (χ4v) is 2.40. The summed E-state index contributed by atoms with van der Waals surface area (Å²) in [7, 11) is 0. The van der Waals surface area contributed by atoms with Gasteiger partial charge in [0.15, 0.2) is 0 Å². The highest BCUT2D eigenvalue weighted by Gasteiger charge is 2.26. The van der Waals surface area contributed by atoms with E-state index in [4.69, 9.17) is 4.74 Å². The highest BCUT2D eigenvalue weighted by atomic mass is 16.5. The summed E-state index contributed by atoms with van der Waals surface area (Å²) in [4.78, 5) is 12.3. The molecule has 0 aliphatic carbocycles. The number of rotatable bonds is 5. The van der Waals surface area contributed by atoms with Crippen molar-refractivity contribution in [2.75, 3.05) is 19.8 Å². The van der Waals surface area contributed by atoms with Gasteiger partial charge in [0, 0.05) is 19.2 Å². The van der Waals surface area contributed by atoms with Crippen LogP contribution < -0.4 is 10.6 Å². The van der Waals surface area contributed by atoms with Crippen LogP contribution in [0, 0.1) is 0 Å². The molecule has 0 spiro atoms. The van der Waals surface area contributed by atoms with Crippen LogP contribution in [0.2, 0.25) is 0 Å². The van der Waals surface area contributed by atoms with Gasteiger partial charge in [0.1, 0.15) is 6.04 Å². The molecule has 0 radical (unpaired) electrons. The number of carbonyl (C=O) groups is 1. The SMILES string of the molecule is CCOCC(C)NC(=O)C1NCCc2ccccc21. The standard InChI is InChI=1S/C15H22N2O2/c1-3-19-10-11(2)17-15(18)14-13-7-5-4-6-12(13)8-9-16-14/h4-7,11,14,16H,3,8-10H2,1-2H3,(H,17,18). The van der Waals surface area contributed by atoms with Crippen molar-refractivity contribution >= 4 is 5.91 Å². The summed E-state index contributed by atoms with van der Waals surface area (Å²) in [6.07, 6.45) is 0.981. The summed E-state index contributed by atoms with van der Waals surface area (Å²) in [5.74, 6) is 0.0272. The molecule has 1 aromatic rings. The molecule has 1 heterocycles. The van der Waals surface area contributed by atoms with Gasteiger partial charge in [0.25, 0.3) is 0 Å². The zero-order valence-electron chi connectivity index (χ0n) is 11.6. The van der Waals surface area contributed by atoms with Crippen molar-refractivity contribution in [3.63, 3.8) is 0 Å². The number of amides is 1. The van der Waals surface area contributed by atoms with Gasteiger partial charge in [0.2, 0.25) is 5.91 Å². The number of ether oxygens (including phenoxy) is 1. The molecule has 1 aliphatic heterocycles. The van der Waals surface area contributed by atoms with Crippen LogP contribution in [0.1, 0.15) is 31.0 Å². The summed E-state index contributed by atoms with van der Waals surface area (Å²) in [6, 6.07) is 7.92. The van der Waals surface area contributed by atoms with E-state index < -0.39 is 0 Å². The molecule has 0 fully saturated rings. The second-order valence-corrected chi connectivity index (χ2v) is 4.91. The molecule has 1 amide bonds. The fraction of sp³-hybridized carbons (Fsp3) is 0.533. The summed E-state index contributed by atoms with van der Waals surface area (Å²) in [5.41, 5.74) is 2.36. The van der Waals surface area contributed by atoms with Gasteiger partial charge < -0.3 is 15.4 Å². The Morgan fingerprint density at radius 2 is 2.32 bits per heavy atom. The average molecular weight is 262 g/mol. The molecule has 2 rings (SSSR count). The quantitative estimate of drug-likeness (QED) is 0.843. The van der Waals surface area contributed by atoms with E-state index in [1.165, 1.54) is 5.56 Å². The van der Waals surface area contributed by atoms with Gasteiger partial charge in [-0.15, -0.1) is 0 Å². The summed E-state index contributed by atoms with van der Waals surface area (Å²) in [6.45, 7) is 5.98. The Kier molecular flexibility index (Phi) is 4.93. The van der Waals surface area contributed by atoms with Gasteiger partial charge in [0.05, 0.1) is 6.61 Å². The zero-order valence-corrected chi connectivity index (χ0v) is 11.6. The predicted molar refractivity (Wildman–Crippen MR) is 75.0 cm³/mol. The van der Waals surface area contributed by atoms with Gasteiger partial charge in [-0.2, -0.15) is 0 Å². The minimum atomic E-state index is -0.242. The van der Waals surface area contributed by atoms with Crippen LogP contribution in [0.3, 0.4) is 0 Å². The van der Waals surface area contributed by atoms with Crippen molar-refractivity contribution in [2.24, 2.45) is 0 Å². The molecule has 4 heteroatoms. The molecule has 1 aromatic carbocycles. The van der Waals surface area contributed by atoms with Crippen LogP contribution in [0.4, 0.5) is 0 Å². The number of carbonyl (C=O) groups excluding carboxylic acids is 1. The first-order valence-corrected chi connectivity index (χ1v) is 6.91. The Labute approximate surface area is 114 Å². The number of hydrogen-bond donors (Lipinski definition) is 2. The second-order valence-electron chi connectivity index (χ2n) is 4.91. The first kappa shape index (κ1) is 14.0. The van der Waals surface area contributed by atoms with Crippen molar-refractivity contribution in [2.45, 2.75) is 32.4 Å². The highest BCUT2D eigenvalue weighted by molar-refractivity contribution is 5.84. The zero-order chi connectivity index (χ0) is 13.7. The van der Waals surface area contributed by atoms with Crippen molar-refractivity contribution in [3.05, 3.63) is 35.4 Å². The normalized spacial score (nSPS) is 19.6. The van der Waals surface area contributed by atoms with E-state index in [1.807, 2.05) is 32.0 Å². The van der Waals surface area contributed by atoms with Crippen LogP contribution in [0.15, 0.2) is 24.3 Å². The van der Waals surface area contributed by atoms with Gasteiger partial charge >= 0.3 is 0 Å². The van der Waals surface area contributed by atoms with Crippen molar-refractivity contribution < 1.29 is 9.53 Å². The van der Waals surface area contributed by atoms with E-state index in [1.54, 1.807) is 0 Å². The summed E-state index contributed by atoms with van der Waals surface area (Å²) >= 11 is 0. The lowest BCUT2D eigenvalue weighted by atomic mass is 9.94. The van der Waals surface area contributed by atoms with Crippen molar-refractivity contribution in [3.8, 4) is 0 Å². The molecule has 1 aliphatic rings. The fourth-order valence-electron chi connectivity index (χ4n) is 2.40. The first-order chi connectivity index (χ1) is 9.22. The molecular weight excluding hydrogens is 240 g/mol. The Balaban J connectivity index is 2.00. The molecule has 2 atom stereocenters. The maximum absolute atomic E-state index is 12.3. The first-order valence-electron chi connectivity index (χ1n) is 6.91. The van der Waals surface area contributed by atoms with Gasteiger partial charge in [-0.05, 0) is 31.4 Å². The molecular formula is C15H22N2O2. The minimum absolute atomic E-state index is 0.0272. The van der Waals surface area contributed by atoms with E-state index in [-0.39, 0.29) is 18.0 Å². The average Bonchev–Trinajstić information content (AvgIpc) is 2.44. The second kappa shape index (κ2) is 6.68. The summed E-state index contributed by atoms with van der Waals surface area (Å²) in [5, 5.41) is 6.28. The number of benzene rings is 1. The maximum atomic E-state index is 12.3. The molecule has 19 heavy (non-hydrogen) atoms. The van der Waals surface area contributed by atoms with E-state index in [0.717, 1.165) is 18.5 Å². The van der Waals surface area contributed by atoms with E-state index in [0.29, 0.717) is 13.2 Å². The van der Waals surface area contributed by atoms with Gasteiger partial charge in [-0.1, -0.05) is 24.3 Å². The lowest BCUT2D eigenvalue weighted by Crippen LogP contribution is -2.45. The largest absolute Gasteiger partial charge is 0.380 e. The molecule has 2 N–H and O–H groups in total. The summed E-state index contributed by atoms with van der Waals surface area (Å²) < 4.78 is 5.32. The molecule has 0 aromatic heterocycles. The molecule has 0 saturated heterocycles. The lowest BCUT2D eigenvalue weighted by molar-refractivity contribution is -0.124. The third kappa shape index (κ3) is 3.55. The van der Waals surface area contributed by atoms with E-state index in [9.17, 15) is 4.79 Å². The van der Waals surface area contributed by atoms with Crippen molar-refractivity contribution in [1.82, 2.24) is 10.6 Å². The van der Waals surface area contributed by atoms with Gasteiger partial charge in [-0.25, -0.2) is 0 Å². The smallest absolute Gasteiger partial charge is 0.242 e. The van der Waals surface area contributed by atoms with E-state index in [2.05, 4.69) is 16.7 Å². The monoisotopic (exact) mass is 262 g/mol. The van der Waals surface area contributed by atoms with Crippen LogP contribution in [0.5, 0.6) is 0 Å². The third-order valence-electron chi connectivity index (χ3n) is 3.33. The molecule has 4 nitrogen and oxygen atoms in total. The number of fused-ring (bicyclic) bond motifs is 1. The molecule has 0 bridgehead atoms. The number of nitrogens with one attached hydrogen (secondary N) is 2. The van der Waals surface area contributed by atoms with Gasteiger partial charge in [-0.3, -0.25) is 4.79 Å². The lowest BCUT2D eigenvalue weighted by Gasteiger charge is -2.27. The Hall–Kier alpha value is -1.39. The minimum Gasteiger partial charge on any atom is -0.380 e. The Morgan fingerprint density at radius 3 is 3.11 bits per heavy atom. The van der Waals surface area contributed by atoms with Crippen LogP contribution >= 0.6 is 0 Å². The molecule has 0 saturated carbocycles. The maximum Gasteiger partial charge on any atom is 0.242 e. The van der Waals surface area contributed by atoms with Crippen molar-refractivity contribution in [1.29, 1.82) is 0 Å². The Morgan fingerprint density at radius 1 is 1.53 bits per heavy atom. The topological polar surface area (TPSA) is 50.4 Å².